The standard InChI is InChI=1S/C15H16F2N2S/c16-13-2-1-11(9-14(13)17)15(12-3-8-20-10-12)19-6-4-18-5-7-19/h1-3,8-10,15,18H,4-7H2/t15-/m1/s1. The van der Waals surface area contributed by atoms with Crippen LogP contribution < -0.4 is 5.32 Å². The molecule has 1 fully saturated rings. The third kappa shape index (κ3) is 2.75. The molecule has 3 rings (SSSR count). The molecule has 2 aromatic rings. The van der Waals surface area contributed by atoms with Crippen molar-refractivity contribution in [2.75, 3.05) is 26.2 Å². The highest BCUT2D eigenvalue weighted by atomic mass is 32.1. The van der Waals surface area contributed by atoms with Crippen LogP contribution in [-0.4, -0.2) is 31.1 Å². The summed E-state index contributed by atoms with van der Waals surface area (Å²) in [5.41, 5.74) is 1.95. The fraction of sp³-hybridized carbons (Fsp3) is 0.333. The lowest BCUT2D eigenvalue weighted by Crippen LogP contribution is -2.45. The zero-order valence-corrected chi connectivity index (χ0v) is 11.8. The Hall–Kier alpha value is -1.30. The number of halogens is 2. The molecule has 5 heteroatoms. The Kier molecular flexibility index (Phi) is 4.10. The van der Waals surface area contributed by atoms with Crippen molar-refractivity contribution in [2.24, 2.45) is 0 Å². The van der Waals surface area contributed by atoms with E-state index in [1.54, 1.807) is 17.4 Å². The Morgan fingerprint density at radius 1 is 1.05 bits per heavy atom. The molecule has 2 heterocycles. The van der Waals surface area contributed by atoms with Crippen LogP contribution in [0, 0.1) is 11.6 Å². The molecule has 0 spiro atoms. The van der Waals surface area contributed by atoms with E-state index in [0.717, 1.165) is 37.3 Å². The van der Waals surface area contributed by atoms with Crippen LogP contribution in [0.3, 0.4) is 0 Å². The second-order valence-electron chi connectivity index (χ2n) is 4.92. The molecule has 1 aliphatic heterocycles. The Bertz CT molecular complexity index is 565. The van der Waals surface area contributed by atoms with Gasteiger partial charge < -0.3 is 5.32 Å². The predicted molar refractivity (Wildman–Crippen MR) is 77.0 cm³/mol. The SMILES string of the molecule is Fc1ccc([C@H](c2ccsc2)N2CCNCC2)cc1F. The smallest absolute Gasteiger partial charge is 0.159 e. The third-order valence-electron chi connectivity index (χ3n) is 3.64. The summed E-state index contributed by atoms with van der Waals surface area (Å²) in [6.07, 6.45) is 0. The Balaban J connectivity index is 1.98. The molecule has 0 unspecified atom stereocenters. The topological polar surface area (TPSA) is 15.3 Å². The molecular formula is C15H16F2N2S. The molecule has 0 aliphatic carbocycles. The minimum Gasteiger partial charge on any atom is -0.314 e. The van der Waals surface area contributed by atoms with Crippen molar-refractivity contribution in [3.05, 3.63) is 57.8 Å². The van der Waals surface area contributed by atoms with Crippen LogP contribution in [0.1, 0.15) is 17.2 Å². The largest absolute Gasteiger partial charge is 0.314 e. The number of benzene rings is 1. The van der Waals surface area contributed by atoms with E-state index in [9.17, 15) is 8.78 Å². The molecule has 0 amide bonds. The molecule has 1 saturated heterocycles. The summed E-state index contributed by atoms with van der Waals surface area (Å²) < 4.78 is 26.7. The normalized spacial score (nSPS) is 18.1. The van der Waals surface area contributed by atoms with Gasteiger partial charge in [0.05, 0.1) is 6.04 Å². The maximum atomic E-state index is 13.5. The first-order valence-corrected chi connectivity index (χ1v) is 7.62. The average Bonchev–Trinajstić information content (AvgIpc) is 2.98. The summed E-state index contributed by atoms with van der Waals surface area (Å²) in [6.45, 7) is 3.65. The maximum absolute atomic E-state index is 13.5. The van der Waals surface area contributed by atoms with Crippen molar-refractivity contribution >= 4 is 11.3 Å². The first-order chi connectivity index (χ1) is 9.75. The van der Waals surface area contributed by atoms with Gasteiger partial charge in [0.15, 0.2) is 11.6 Å². The van der Waals surface area contributed by atoms with E-state index in [2.05, 4.69) is 21.7 Å². The van der Waals surface area contributed by atoms with Crippen molar-refractivity contribution in [1.29, 1.82) is 0 Å². The summed E-state index contributed by atoms with van der Waals surface area (Å²) in [7, 11) is 0. The summed E-state index contributed by atoms with van der Waals surface area (Å²) >= 11 is 1.62. The zero-order chi connectivity index (χ0) is 13.9. The minimum absolute atomic E-state index is 0.00144. The van der Waals surface area contributed by atoms with E-state index in [1.165, 1.54) is 12.1 Å². The molecule has 1 atom stereocenters. The first kappa shape index (κ1) is 13.7. The number of hydrogen-bond donors (Lipinski definition) is 1. The van der Waals surface area contributed by atoms with Crippen molar-refractivity contribution in [1.82, 2.24) is 10.2 Å². The van der Waals surface area contributed by atoms with Crippen LogP contribution in [-0.2, 0) is 0 Å². The zero-order valence-electron chi connectivity index (χ0n) is 11.0. The van der Waals surface area contributed by atoms with Gasteiger partial charge in [-0.25, -0.2) is 8.78 Å². The van der Waals surface area contributed by atoms with Gasteiger partial charge in [0.2, 0.25) is 0 Å². The molecule has 1 N–H and O–H groups in total. The van der Waals surface area contributed by atoms with E-state index in [4.69, 9.17) is 0 Å². The quantitative estimate of drug-likeness (QED) is 0.936. The number of hydrogen-bond acceptors (Lipinski definition) is 3. The summed E-state index contributed by atoms with van der Waals surface area (Å²) in [6, 6.07) is 6.27. The first-order valence-electron chi connectivity index (χ1n) is 6.67. The lowest BCUT2D eigenvalue weighted by Gasteiger charge is -2.35. The van der Waals surface area contributed by atoms with Crippen LogP contribution in [0.25, 0.3) is 0 Å². The van der Waals surface area contributed by atoms with Crippen LogP contribution in [0.5, 0.6) is 0 Å². The van der Waals surface area contributed by atoms with Gasteiger partial charge in [0.25, 0.3) is 0 Å². The molecule has 0 radical (unpaired) electrons. The van der Waals surface area contributed by atoms with Crippen molar-refractivity contribution in [2.45, 2.75) is 6.04 Å². The van der Waals surface area contributed by atoms with E-state index < -0.39 is 11.6 Å². The van der Waals surface area contributed by atoms with Crippen molar-refractivity contribution in [3.63, 3.8) is 0 Å². The number of rotatable bonds is 3. The van der Waals surface area contributed by atoms with Gasteiger partial charge in [0, 0.05) is 26.2 Å². The molecule has 0 bridgehead atoms. The summed E-state index contributed by atoms with van der Waals surface area (Å²) in [4.78, 5) is 2.31. The third-order valence-corrected chi connectivity index (χ3v) is 4.34. The molecule has 1 aliphatic rings. The Labute approximate surface area is 121 Å². The predicted octanol–water partition coefficient (Wildman–Crippen LogP) is 3.02. The number of thiophene rings is 1. The molecule has 1 aromatic carbocycles. The summed E-state index contributed by atoms with van der Waals surface area (Å²) in [5.74, 6) is -1.57. The van der Waals surface area contributed by atoms with Gasteiger partial charge in [-0.2, -0.15) is 11.3 Å². The summed E-state index contributed by atoms with van der Waals surface area (Å²) in [5, 5.41) is 7.41. The highest BCUT2D eigenvalue weighted by Gasteiger charge is 2.24. The van der Waals surface area contributed by atoms with Crippen LogP contribution in [0.4, 0.5) is 8.78 Å². The highest BCUT2D eigenvalue weighted by Crippen LogP contribution is 2.31. The lowest BCUT2D eigenvalue weighted by atomic mass is 9.98. The van der Waals surface area contributed by atoms with Gasteiger partial charge in [-0.3, -0.25) is 4.90 Å². The van der Waals surface area contributed by atoms with E-state index >= 15 is 0 Å². The molecule has 2 nitrogen and oxygen atoms in total. The lowest BCUT2D eigenvalue weighted by molar-refractivity contribution is 0.198. The van der Waals surface area contributed by atoms with Crippen LogP contribution in [0.15, 0.2) is 35.0 Å². The Morgan fingerprint density at radius 2 is 1.85 bits per heavy atom. The van der Waals surface area contributed by atoms with E-state index in [-0.39, 0.29) is 6.04 Å². The van der Waals surface area contributed by atoms with Crippen LogP contribution in [0.2, 0.25) is 0 Å². The van der Waals surface area contributed by atoms with Gasteiger partial charge in [0.1, 0.15) is 0 Å². The molecule has 106 valence electrons. The van der Waals surface area contributed by atoms with E-state index in [1.807, 2.05) is 5.38 Å². The van der Waals surface area contributed by atoms with E-state index in [0.29, 0.717) is 0 Å². The second kappa shape index (κ2) is 5.99. The highest BCUT2D eigenvalue weighted by molar-refractivity contribution is 7.08. The molecule has 0 saturated carbocycles. The van der Waals surface area contributed by atoms with Crippen molar-refractivity contribution < 1.29 is 8.78 Å². The average molecular weight is 294 g/mol. The van der Waals surface area contributed by atoms with Crippen molar-refractivity contribution in [3.8, 4) is 0 Å². The molecule has 1 aromatic heterocycles. The number of nitrogens with one attached hydrogen (secondary N) is 1. The second-order valence-corrected chi connectivity index (χ2v) is 5.70. The minimum atomic E-state index is -0.793. The van der Waals surface area contributed by atoms with Gasteiger partial charge in [-0.1, -0.05) is 6.07 Å². The fourth-order valence-corrected chi connectivity index (χ4v) is 3.35. The number of piperazine rings is 1. The van der Waals surface area contributed by atoms with Crippen LogP contribution >= 0.6 is 11.3 Å². The fourth-order valence-electron chi connectivity index (χ4n) is 2.67. The van der Waals surface area contributed by atoms with Gasteiger partial charge in [-0.05, 0) is 40.1 Å². The van der Waals surface area contributed by atoms with Gasteiger partial charge in [-0.15, -0.1) is 0 Å². The number of nitrogens with zero attached hydrogens (tertiary/aromatic N) is 1. The van der Waals surface area contributed by atoms with Gasteiger partial charge >= 0.3 is 0 Å². The Morgan fingerprint density at radius 3 is 2.50 bits per heavy atom. The molecular weight excluding hydrogens is 278 g/mol. The monoisotopic (exact) mass is 294 g/mol. The molecule has 20 heavy (non-hydrogen) atoms. The maximum Gasteiger partial charge on any atom is 0.159 e.